The Kier molecular flexibility index (Phi) is 5.53. The summed E-state index contributed by atoms with van der Waals surface area (Å²) in [5.74, 6) is 0. The first-order valence-electron chi connectivity index (χ1n) is 8.34. The minimum Gasteiger partial charge on any atom is -0.352 e. The van der Waals surface area contributed by atoms with E-state index in [0.717, 1.165) is 25.3 Å². The molecule has 1 aromatic rings. The molecule has 2 N–H and O–H groups in total. The molecule has 3 aliphatic heterocycles. The number of fused-ring (bicyclic) bond motifs is 6. The Morgan fingerprint density at radius 1 is 1.00 bits per heavy atom. The van der Waals surface area contributed by atoms with Gasteiger partial charge in [-0.1, -0.05) is 18.2 Å². The van der Waals surface area contributed by atoms with Crippen LogP contribution in [0.5, 0.6) is 0 Å². The molecule has 3 fully saturated rings. The summed E-state index contributed by atoms with van der Waals surface area (Å²) in [5.41, 5.74) is 0.914. The summed E-state index contributed by atoms with van der Waals surface area (Å²) in [6.07, 6.45) is 0.0519. The monoisotopic (exact) mass is 367 g/mol. The second-order valence-electron chi connectivity index (χ2n) is 6.51. The number of benzene rings is 1. The SMILES string of the molecule is CC1CN2CC(C)O[Si](NC(=S)Nc3ccccc3)(O1)OC(C)C2. The van der Waals surface area contributed by atoms with E-state index in [0.29, 0.717) is 5.11 Å². The number of thiocarbonyl (C=S) groups is 1. The van der Waals surface area contributed by atoms with E-state index in [1.54, 1.807) is 0 Å². The van der Waals surface area contributed by atoms with Crippen molar-refractivity contribution < 1.29 is 13.3 Å². The zero-order chi connectivity index (χ0) is 17.2. The van der Waals surface area contributed by atoms with Crippen LogP contribution in [0.3, 0.4) is 0 Å². The Bertz CT molecular complexity index is 541. The van der Waals surface area contributed by atoms with E-state index < -0.39 is 8.97 Å². The van der Waals surface area contributed by atoms with Crippen molar-refractivity contribution >= 4 is 32.0 Å². The maximum absolute atomic E-state index is 6.21. The van der Waals surface area contributed by atoms with E-state index in [4.69, 9.17) is 25.5 Å². The lowest BCUT2D eigenvalue weighted by Crippen LogP contribution is -2.69. The Balaban J connectivity index is 1.76. The van der Waals surface area contributed by atoms with Gasteiger partial charge in [0.25, 0.3) is 0 Å². The zero-order valence-corrected chi connectivity index (χ0v) is 16.1. The van der Waals surface area contributed by atoms with Crippen molar-refractivity contribution in [3.05, 3.63) is 30.3 Å². The van der Waals surface area contributed by atoms with Crippen LogP contribution in [0.1, 0.15) is 20.8 Å². The topological polar surface area (TPSA) is 55.0 Å². The number of rotatable bonds is 2. The van der Waals surface area contributed by atoms with Crippen molar-refractivity contribution in [1.29, 1.82) is 0 Å². The highest BCUT2D eigenvalue weighted by molar-refractivity contribution is 7.80. The Morgan fingerprint density at radius 2 is 1.50 bits per heavy atom. The third-order valence-corrected chi connectivity index (χ3v) is 6.99. The van der Waals surface area contributed by atoms with Gasteiger partial charge in [0.15, 0.2) is 5.11 Å². The molecule has 1 aromatic carbocycles. The van der Waals surface area contributed by atoms with Crippen LogP contribution in [0.15, 0.2) is 30.3 Å². The van der Waals surface area contributed by atoms with Crippen LogP contribution in [-0.2, 0) is 13.3 Å². The second kappa shape index (κ2) is 7.47. The molecule has 8 heteroatoms. The van der Waals surface area contributed by atoms with Crippen molar-refractivity contribution in [2.45, 2.75) is 39.1 Å². The van der Waals surface area contributed by atoms with Crippen LogP contribution in [0.2, 0.25) is 0 Å². The van der Waals surface area contributed by atoms with Crippen LogP contribution >= 0.6 is 12.2 Å². The van der Waals surface area contributed by atoms with Gasteiger partial charge in [0, 0.05) is 25.3 Å². The lowest BCUT2D eigenvalue weighted by molar-refractivity contribution is -0.0819. The Morgan fingerprint density at radius 3 is 2.00 bits per heavy atom. The van der Waals surface area contributed by atoms with Crippen LogP contribution in [0.4, 0.5) is 5.69 Å². The molecule has 0 radical (unpaired) electrons. The molecule has 24 heavy (non-hydrogen) atoms. The van der Waals surface area contributed by atoms with Crippen LogP contribution in [-0.4, -0.2) is 56.9 Å². The number of hydrogen-bond acceptors (Lipinski definition) is 5. The van der Waals surface area contributed by atoms with E-state index in [1.165, 1.54) is 0 Å². The van der Waals surface area contributed by atoms with Gasteiger partial charge in [-0.3, -0.25) is 4.90 Å². The highest BCUT2D eigenvalue weighted by Crippen LogP contribution is 2.23. The molecule has 4 rings (SSSR count). The van der Waals surface area contributed by atoms with E-state index >= 15 is 0 Å². The molecule has 6 nitrogen and oxygen atoms in total. The summed E-state index contributed by atoms with van der Waals surface area (Å²) in [6, 6.07) is 9.79. The molecule has 0 aliphatic carbocycles. The quantitative estimate of drug-likeness (QED) is 0.612. The predicted octanol–water partition coefficient (Wildman–Crippen LogP) is 1.95. The minimum absolute atomic E-state index is 0.0173. The third kappa shape index (κ3) is 4.53. The van der Waals surface area contributed by atoms with Gasteiger partial charge in [-0.2, -0.15) is 0 Å². The third-order valence-electron chi connectivity index (χ3n) is 3.91. The van der Waals surface area contributed by atoms with Gasteiger partial charge in [-0.25, -0.2) is 0 Å². The van der Waals surface area contributed by atoms with Crippen molar-refractivity contribution in [3.8, 4) is 0 Å². The summed E-state index contributed by atoms with van der Waals surface area (Å²) in [6.45, 7) is 8.75. The normalized spacial score (nSPS) is 36.3. The standard InChI is InChI=1S/C16H25N3O3SSi/c1-12-9-19-10-13(2)21-24(20-12,22-14(3)11-19)18-16(23)17-15-7-5-4-6-8-15/h4-8,12-14H,9-11H2,1-3H3,(H2,17,18,23). The van der Waals surface area contributed by atoms with Crippen LogP contribution in [0, 0.1) is 0 Å². The summed E-state index contributed by atoms with van der Waals surface area (Å²) in [5, 5.41) is 3.63. The number of para-hydroxylation sites is 1. The molecule has 3 atom stereocenters. The number of nitrogens with zero attached hydrogens (tertiary/aromatic N) is 1. The summed E-state index contributed by atoms with van der Waals surface area (Å²) < 4.78 is 18.6. The first-order valence-corrected chi connectivity index (χ1v) is 10.5. The molecule has 132 valence electrons. The number of nitrogens with one attached hydrogen (secondary N) is 2. The van der Waals surface area contributed by atoms with Crippen LogP contribution < -0.4 is 10.3 Å². The molecule has 2 bridgehead atoms. The molecule has 3 unspecified atom stereocenters. The average molecular weight is 368 g/mol. The molecule has 0 spiro atoms. The maximum Gasteiger partial charge on any atom is 0.633 e. The molecule has 0 saturated carbocycles. The molecule has 3 heterocycles. The van der Waals surface area contributed by atoms with E-state index in [2.05, 4.69) is 15.2 Å². The van der Waals surface area contributed by atoms with Gasteiger partial charge in [0.2, 0.25) is 0 Å². The maximum atomic E-state index is 6.21. The summed E-state index contributed by atoms with van der Waals surface area (Å²) >= 11 is 5.47. The first-order chi connectivity index (χ1) is 11.4. The molecule has 3 saturated heterocycles. The zero-order valence-electron chi connectivity index (χ0n) is 14.3. The van der Waals surface area contributed by atoms with E-state index in [9.17, 15) is 0 Å². The fraction of sp³-hybridized carbons (Fsp3) is 0.562. The highest BCUT2D eigenvalue weighted by Gasteiger charge is 2.51. The smallest absolute Gasteiger partial charge is 0.352 e. The summed E-state index contributed by atoms with van der Waals surface area (Å²) in [4.78, 5) is 5.57. The molecule has 3 aliphatic rings. The molecular formula is C16H25N3O3SSi. The Hall–Kier alpha value is -1.03. The fourth-order valence-corrected chi connectivity index (χ4v) is 6.21. The van der Waals surface area contributed by atoms with Crippen LogP contribution in [0.25, 0.3) is 0 Å². The van der Waals surface area contributed by atoms with Gasteiger partial charge in [-0.15, -0.1) is 0 Å². The fourth-order valence-electron chi connectivity index (χ4n) is 3.22. The van der Waals surface area contributed by atoms with Gasteiger partial charge >= 0.3 is 8.97 Å². The van der Waals surface area contributed by atoms with Gasteiger partial charge in [0.05, 0.1) is 18.3 Å². The molecule has 0 amide bonds. The highest BCUT2D eigenvalue weighted by atomic mass is 32.1. The second-order valence-corrected chi connectivity index (χ2v) is 8.98. The largest absolute Gasteiger partial charge is 0.633 e. The van der Waals surface area contributed by atoms with E-state index in [-0.39, 0.29) is 18.3 Å². The lowest BCUT2D eigenvalue weighted by atomic mass is 10.2. The van der Waals surface area contributed by atoms with Crippen molar-refractivity contribution in [2.75, 3.05) is 25.0 Å². The van der Waals surface area contributed by atoms with Gasteiger partial charge in [0.1, 0.15) is 0 Å². The van der Waals surface area contributed by atoms with Gasteiger partial charge in [-0.05, 0) is 45.1 Å². The number of hydrogen-bond donors (Lipinski definition) is 2. The lowest BCUT2D eigenvalue weighted by Gasteiger charge is -2.44. The predicted molar refractivity (Wildman–Crippen MR) is 99.6 cm³/mol. The first kappa shape index (κ1) is 17.8. The van der Waals surface area contributed by atoms with Gasteiger partial charge < -0.3 is 23.6 Å². The minimum atomic E-state index is -3.11. The summed E-state index contributed by atoms with van der Waals surface area (Å²) in [7, 11) is -3.11. The van der Waals surface area contributed by atoms with E-state index in [1.807, 2.05) is 51.1 Å². The average Bonchev–Trinajstić information content (AvgIpc) is 2.44. The molecule has 0 aromatic heterocycles. The van der Waals surface area contributed by atoms with Crippen molar-refractivity contribution in [2.24, 2.45) is 0 Å². The van der Waals surface area contributed by atoms with Crippen molar-refractivity contribution in [1.82, 2.24) is 9.88 Å². The molecular weight excluding hydrogens is 342 g/mol. The number of anilines is 1. The Labute approximate surface area is 149 Å². The van der Waals surface area contributed by atoms with Crippen molar-refractivity contribution in [3.63, 3.8) is 0 Å².